The summed E-state index contributed by atoms with van der Waals surface area (Å²) in [5.41, 5.74) is -1.31. The molecule has 0 aliphatic carbocycles. The van der Waals surface area contributed by atoms with E-state index in [2.05, 4.69) is 9.72 Å². The van der Waals surface area contributed by atoms with Gasteiger partial charge in [-0.3, -0.25) is 4.79 Å². The minimum Gasteiger partial charge on any atom is -0.481 e. The van der Waals surface area contributed by atoms with Gasteiger partial charge >= 0.3 is 0 Å². The second-order valence-corrected chi connectivity index (χ2v) is 2.54. The smallest absolute Gasteiger partial charge is 0.265 e. The number of hydrogen-bond donors (Lipinski definition) is 0. The van der Waals surface area contributed by atoms with Crippen LogP contribution in [0.25, 0.3) is 0 Å². The number of ether oxygens (including phenoxy) is 1. The Morgan fingerprint density at radius 3 is 2.73 bits per heavy atom. The van der Waals surface area contributed by atoms with Crippen LogP contribution in [-0.2, 0) is 0 Å². The van der Waals surface area contributed by atoms with Crippen molar-refractivity contribution in [3.8, 4) is 11.9 Å². The number of carbonyl (C=O) groups is 1. The highest BCUT2D eigenvalue weighted by Crippen LogP contribution is 2.26. The Kier molecular flexibility index (Phi) is 3.29. The largest absolute Gasteiger partial charge is 0.481 e. The molecule has 1 aromatic heterocycles. The van der Waals surface area contributed by atoms with Crippen molar-refractivity contribution in [3.63, 3.8) is 0 Å². The van der Waals surface area contributed by atoms with Crippen LogP contribution in [0.4, 0.5) is 8.78 Å². The highest BCUT2D eigenvalue weighted by Gasteiger charge is 2.19. The molecule has 0 spiro atoms. The first-order valence-electron chi connectivity index (χ1n) is 3.86. The molecule has 0 saturated carbocycles. The van der Waals surface area contributed by atoms with E-state index in [1.165, 1.54) is 13.2 Å². The zero-order valence-corrected chi connectivity index (χ0v) is 7.70. The van der Waals surface area contributed by atoms with E-state index in [-0.39, 0.29) is 17.9 Å². The topological polar surface area (TPSA) is 63.0 Å². The van der Waals surface area contributed by atoms with Crippen LogP contribution < -0.4 is 4.74 Å². The molecule has 0 aromatic carbocycles. The maximum absolute atomic E-state index is 12.5. The van der Waals surface area contributed by atoms with Crippen molar-refractivity contribution in [2.45, 2.75) is 6.43 Å². The predicted octanol–water partition coefficient (Wildman–Crippen LogP) is 1.71. The molecule has 0 radical (unpaired) electrons. The van der Waals surface area contributed by atoms with E-state index in [0.29, 0.717) is 0 Å². The van der Waals surface area contributed by atoms with Crippen molar-refractivity contribution >= 4 is 6.29 Å². The monoisotopic (exact) mass is 212 g/mol. The Hall–Kier alpha value is -2.03. The molecular formula is C9H6F2N2O2. The van der Waals surface area contributed by atoms with E-state index in [1.807, 2.05) is 0 Å². The molecule has 0 amide bonds. The van der Waals surface area contributed by atoms with Crippen molar-refractivity contribution in [1.29, 1.82) is 5.26 Å². The number of halogens is 2. The number of nitrogens with zero attached hydrogens (tertiary/aromatic N) is 2. The van der Waals surface area contributed by atoms with Gasteiger partial charge in [0.15, 0.2) is 6.29 Å². The number of nitriles is 1. The molecule has 0 saturated heterocycles. The average molecular weight is 212 g/mol. The van der Waals surface area contributed by atoms with E-state index in [1.54, 1.807) is 0 Å². The van der Waals surface area contributed by atoms with Crippen molar-refractivity contribution in [2.24, 2.45) is 0 Å². The summed E-state index contributed by atoms with van der Waals surface area (Å²) in [6.45, 7) is 0. The zero-order chi connectivity index (χ0) is 11.4. The van der Waals surface area contributed by atoms with Crippen LogP contribution in [0.1, 0.15) is 28.0 Å². The minimum absolute atomic E-state index is 0.119. The molecule has 0 bridgehead atoms. The minimum atomic E-state index is -2.85. The first-order chi connectivity index (χ1) is 7.13. The van der Waals surface area contributed by atoms with Gasteiger partial charge in [0.05, 0.1) is 12.7 Å². The lowest BCUT2D eigenvalue weighted by atomic mass is 10.1. The maximum atomic E-state index is 12.5. The lowest BCUT2D eigenvalue weighted by Crippen LogP contribution is -2.02. The SMILES string of the molecule is COc1cc(C(F)F)c(C#N)c(C=O)n1. The van der Waals surface area contributed by atoms with E-state index in [9.17, 15) is 13.6 Å². The van der Waals surface area contributed by atoms with Crippen molar-refractivity contribution in [1.82, 2.24) is 4.98 Å². The van der Waals surface area contributed by atoms with E-state index in [4.69, 9.17) is 5.26 Å². The van der Waals surface area contributed by atoms with Crippen LogP contribution in [0.5, 0.6) is 5.88 Å². The lowest BCUT2D eigenvalue weighted by molar-refractivity contribution is 0.111. The number of aldehydes is 1. The van der Waals surface area contributed by atoms with Gasteiger partial charge in [-0.1, -0.05) is 0 Å². The second-order valence-electron chi connectivity index (χ2n) is 2.54. The third kappa shape index (κ3) is 2.07. The van der Waals surface area contributed by atoms with Crippen molar-refractivity contribution in [2.75, 3.05) is 7.11 Å². The summed E-state index contributed by atoms with van der Waals surface area (Å²) in [6, 6.07) is 2.46. The molecule has 0 fully saturated rings. The molecule has 0 N–H and O–H groups in total. The fraction of sp³-hybridized carbons (Fsp3) is 0.222. The normalized spacial score (nSPS) is 9.80. The Balaban J connectivity index is 3.47. The second kappa shape index (κ2) is 4.46. The molecule has 0 atom stereocenters. The summed E-state index contributed by atoms with van der Waals surface area (Å²) in [5, 5.41) is 8.62. The number of aromatic nitrogens is 1. The summed E-state index contributed by atoms with van der Waals surface area (Å²) in [6.07, 6.45) is -2.61. The Bertz CT molecular complexity index is 427. The molecule has 0 aliphatic rings. The third-order valence-corrected chi connectivity index (χ3v) is 1.72. The first-order valence-corrected chi connectivity index (χ1v) is 3.86. The standard InChI is InChI=1S/C9H6F2N2O2/c1-15-8-2-5(9(10)11)6(3-12)7(4-14)13-8/h2,4,9H,1H3. The van der Waals surface area contributed by atoms with Gasteiger partial charge in [0.25, 0.3) is 6.43 Å². The van der Waals surface area contributed by atoms with Gasteiger partial charge in [-0.05, 0) is 0 Å². The number of alkyl halides is 2. The third-order valence-electron chi connectivity index (χ3n) is 1.72. The molecule has 6 heteroatoms. The lowest BCUT2D eigenvalue weighted by Gasteiger charge is -2.06. The molecule has 1 aromatic rings. The van der Waals surface area contributed by atoms with Gasteiger partial charge in [-0.25, -0.2) is 13.8 Å². The molecular weight excluding hydrogens is 206 g/mol. The number of pyridine rings is 1. The summed E-state index contributed by atoms with van der Waals surface area (Å²) >= 11 is 0. The average Bonchev–Trinajstić information content (AvgIpc) is 2.26. The maximum Gasteiger partial charge on any atom is 0.265 e. The highest BCUT2D eigenvalue weighted by atomic mass is 19.3. The van der Waals surface area contributed by atoms with Gasteiger partial charge in [0, 0.05) is 11.6 Å². The summed E-state index contributed by atoms with van der Waals surface area (Å²) in [4.78, 5) is 14.1. The summed E-state index contributed by atoms with van der Waals surface area (Å²) in [7, 11) is 1.23. The number of rotatable bonds is 3. The molecule has 78 valence electrons. The van der Waals surface area contributed by atoms with Crippen LogP contribution in [0.3, 0.4) is 0 Å². The van der Waals surface area contributed by atoms with E-state index in [0.717, 1.165) is 6.07 Å². The quantitative estimate of drug-likeness (QED) is 0.715. The summed E-state index contributed by atoms with van der Waals surface area (Å²) < 4.78 is 29.6. The number of hydrogen-bond acceptors (Lipinski definition) is 4. The van der Waals surface area contributed by atoms with Gasteiger partial charge in [0.1, 0.15) is 11.8 Å². The first kappa shape index (κ1) is 11.0. The molecule has 4 nitrogen and oxygen atoms in total. The number of methoxy groups -OCH3 is 1. The molecule has 1 rings (SSSR count). The van der Waals surface area contributed by atoms with Gasteiger partial charge in [-0.2, -0.15) is 5.26 Å². The molecule has 1 heterocycles. The Labute approximate surface area is 84.1 Å². The zero-order valence-electron chi connectivity index (χ0n) is 7.70. The fourth-order valence-electron chi connectivity index (χ4n) is 1.04. The molecule has 0 unspecified atom stereocenters. The Morgan fingerprint density at radius 1 is 1.67 bits per heavy atom. The highest BCUT2D eigenvalue weighted by molar-refractivity contribution is 5.77. The van der Waals surface area contributed by atoms with E-state index >= 15 is 0 Å². The Morgan fingerprint density at radius 2 is 2.33 bits per heavy atom. The van der Waals surface area contributed by atoms with Crippen LogP contribution >= 0.6 is 0 Å². The molecule has 15 heavy (non-hydrogen) atoms. The van der Waals surface area contributed by atoms with Crippen LogP contribution in [0.15, 0.2) is 6.07 Å². The van der Waals surface area contributed by atoms with Gasteiger partial charge in [-0.15, -0.1) is 0 Å². The van der Waals surface area contributed by atoms with Crippen LogP contribution in [-0.4, -0.2) is 18.4 Å². The van der Waals surface area contributed by atoms with Gasteiger partial charge in [0.2, 0.25) is 5.88 Å². The fourth-order valence-corrected chi connectivity index (χ4v) is 1.04. The van der Waals surface area contributed by atoms with Crippen molar-refractivity contribution < 1.29 is 18.3 Å². The molecule has 0 aliphatic heterocycles. The number of carbonyl (C=O) groups excluding carboxylic acids is 1. The van der Waals surface area contributed by atoms with E-state index < -0.39 is 17.6 Å². The summed E-state index contributed by atoms with van der Waals surface area (Å²) in [5.74, 6) is -0.119. The predicted molar refractivity (Wildman–Crippen MR) is 45.8 cm³/mol. The van der Waals surface area contributed by atoms with Crippen molar-refractivity contribution in [3.05, 3.63) is 22.9 Å². The van der Waals surface area contributed by atoms with Crippen LogP contribution in [0.2, 0.25) is 0 Å². The van der Waals surface area contributed by atoms with Gasteiger partial charge < -0.3 is 4.74 Å². The van der Waals surface area contributed by atoms with Crippen LogP contribution in [0, 0.1) is 11.3 Å².